The number of ether oxygens (including phenoxy) is 2. The molecule has 2 N–H and O–H groups in total. The highest BCUT2D eigenvalue weighted by Crippen LogP contribution is 2.45. The molecule has 2 aliphatic rings. The van der Waals surface area contributed by atoms with E-state index in [1.807, 2.05) is 30.3 Å². The lowest BCUT2D eigenvalue weighted by Gasteiger charge is -2.46. The highest BCUT2D eigenvalue weighted by molar-refractivity contribution is 6.30. The number of rotatable bonds is 4. The number of hydrogen-bond acceptors (Lipinski definition) is 5. The van der Waals surface area contributed by atoms with Crippen LogP contribution < -0.4 is 9.47 Å². The first-order valence-corrected chi connectivity index (χ1v) is 10.1. The highest BCUT2D eigenvalue weighted by atomic mass is 35.5. The fraction of sp³-hybridized carbons (Fsp3) is 0.455. The molecule has 1 saturated heterocycles. The smallest absolute Gasteiger partial charge is 0.126 e. The second-order valence-corrected chi connectivity index (χ2v) is 8.21. The van der Waals surface area contributed by atoms with Gasteiger partial charge in [0.1, 0.15) is 17.1 Å². The number of β-amino-alcohol motifs (C(OH)–C–C–N with tert-alkyl or cyclic N) is 1. The number of nitrogens with zero attached hydrogens (tertiary/aromatic N) is 1. The van der Waals surface area contributed by atoms with Crippen molar-refractivity contribution >= 4 is 11.6 Å². The Morgan fingerprint density at radius 2 is 1.93 bits per heavy atom. The number of aliphatic hydroxyl groups excluding tert-OH is 2. The number of fused-ring (bicyclic) bond motifs is 1. The predicted octanol–water partition coefficient (Wildman–Crippen LogP) is 3.73. The molecule has 4 rings (SSSR count). The third-order valence-corrected chi connectivity index (χ3v) is 6.16. The molecule has 28 heavy (non-hydrogen) atoms. The lowest BCUT2D eigenvalue weighted by molar-refractivity contribution is -0.0587. The van der Waals surface area contributed by atoms with Crippen molar-refractivity contribution in [3.05, 3.63) is 58.6 Å². The zero-order valence-corrected chi connectivity index (χ0v) is 16.7. The summed E-state index contributed by atoms with van der Waals surface area (Å²) in [7, 11) is 1.63. The normalized spacial score (nSPS) is 22.4. The molecular weight excluding hydrogens is 378 g/mol. The van der Waals surface area contributed by atoms with Gasteiger partial charge in [0.2, 0.25) is 0 Å². The number of likely N-dealkylation sites (tertiary alicyclic amines) is 1. The van der Waals surface area contributed by atoms with Crippen LogP contribution in [-0.2, 0) is 0 Å². The summed E-state index contributed by atoms with van der Waals surface area (Å²) in [5.74, 6) is 1.51. The Labute approximate surface area is 170 Å². The molecule has 1 fully saturated rings. The van der Waals surface area contributed by atoms with Gasteiger partial charge in [0.25, 0.3) is 0 Å². The van der Waals surface area contributed by atoms with E-state index in [1.165, 1.54) is 0 Å². The van der Waals surface area contributed by atoms with Crippen molar-refractivity contribution in [2.75, 3.05) is 26.7 Å². The Balaban J connectivity index is 1.37. The Hall–Kier alpha value is -1.79. The minimum atomic E-state index is -0.557. The van der Waals surface area contributed by atoms with E-state index in [4.69, 9.17) is 21.1 Å². The highest BCUT2D eigenvalue weighted by Gasteiger charge is 2.43. The van der Waals surface area contributed by atoms with E-state index in [2.05, 4.69) is 4.90 Å². The van der Waals surface area contributed by atoms with E-state index in [1.54, 1.807) is 19.2 Å². The van der Waals surface area contributed by atoms with Crippen LogP contribution in [-0.4, -0.2) is 47.5 Å². The van der Waals surface area contributed by atoms with Gasteiger partial charge in [0.05, 0.1) is 19.3 Å². The van der Waals surface area contributed by atoms with E-state index in [0.717, 1.165) is 48.6 Å². The fourth-order valence-electron chi connectivity index (χ4n) is 4.24. The molecule has 2 aromatic carbocycles. The Morgan fingerprint density at radius 1 is 1.21 bits per heavy atom. The molecule has 2 aromatic rings. The SMILES string of the molecule is COc1ccc([C@H](O)CN2CCC3(CC2)C[C@@H](O)c2cc(Cl)ccc2O3)cc1. The van der Waals surface area contributed by atoms with Crippen molar-refractivity contribution in [3.63, 3.8) is 0 Å². The Kier molecular flexibility index (Phi) is 5.52. The number of aliphatic hydroxyl groups is 2. The first kappa shape index (κ1) is 19.5. The predicted molar refractivity (Wildman–Crippen MR) is 108 cm³/mol. The van der Waals surface area contributed by atoms with Crippen LogP contribution in [0.15, 0.2) is 42.5 Å². The van der Waals surface area contributed by atoms with Crippen LogP contribution in [0.2, 0.25) is 5.02 Å². The monoisotopic (exact) mass is 403 g/mol. The van der Waals surface area contributed by atoms with Gasteiger partial charge < -0.3 is 24.6 Å². The molecular formula is C22H26ClNO4. The van der Waals surface area contributed by atoms with Crippen molar-refractivity contribution in [2.24, 2.45) is 0 Å². The van der Waals surface area contributed by atoms with Crippen LogP contribution in [0.5, 0.6) is 11.5 Å². The number of halogens is 1. The van der Waals surface area contributed by atoms with Gasteiger partial charge in [-0.3, -0.25) is 0 Å². The molecule has 0 amide bonds. The molecule has 0 bridgehead atoms. The molecule has 1 spiro atoms. The third-order valence-electron chi connectivity index (χ3n) is 5.92. The maximum Gasteiger partial charge on any atom is 0.126 e. The van der Waals surface area contributed by atoms with Crippen molar-refractivity contribution in [2.45, 2.75) is 37.1 Å². The van der Waals surface area contributed by atoms with Gasteiger partial charge in [-0.2, -0.15) is 0 Å². The van der Waals surface area contributed by atoms with Crippen LogP contribution in [0, 0.1) is 0 Å². The van der Waals surface area contributed by atoms with Crippen LogP contribution in [0.4, 0.5) is 0 Å². The Morgan fingerprint density at radius 3 is 2.61 bits per heavy atom. The summed E-state index contributed by atoms with van der Waals surface area (Å²) in [4.78, 5) is 2.26. The van der Waals surface area contributed by atoms with Crippen LogP contribution in [0.3, 0.4) is 0 Å². The first-order chi connectivity index (χ1) is 13.5. The lowest BCUT2D eigenvalue weighted by atomic mass is 9.81. The van der Waals surface area contributed by atoms with Gasteiger partial charge in [-0.05, 0) is 48.7 Å². The van der Waals surface area contributed by atoms with E-state index in [-0.39, 0.29) is 5.60 Å². The molecule has 150 valence electrons. The molecule has 0 radical (unpaired) electrons. The zero-order valence-electron chi connectivity index (χ0n) is 16.0. The van der Waals surface area contributed by atoms with Gasteiger partial charge in [-0.15, -0.1) is 0 Å². The van der Waals surface area contributed by atoms with E-state index in [9.17, 15) is 10.2 Å². The van der Waals surface area contributed by atoms with Gasteiger partial charge in [0, 0.05) is 36.6 Å². The van der Waals surface area contributed by atoms with Crippen molar-refractivity contribution in [1.82, 2.24) is 4.90 Å². The van der Waals surface area contributed by atoms with E-state index < -0.39 is 12.2 Å². The maximum absolute atomic E-state index is 10.6. The van der Waals surface area contributed by atoms with Gasteiger partial charge in [0.15, 0.2) is 0 Å². The summed E-state index contributed by atoms with van der Waals surface area (Å²) < 4.78 is 11.5. The van der Waals surface area contributed by atoms with Crippen molar-refractivity contribution < 1.29 is 19.7 Å². The molecule has 0 saturated carbocycles. The van der Waals surface area contributed by atoms with Crippen molar-refractivity contribution in [1.29, 1.82) is 0 Å². The molecule has 6 heteroatoms. The standard InChI is InChI=1S/C22H26ClNO4/c1-27-17-5-2-15(3-6-17)20(26)14-24-10-8-22(9-11-24)13-19(25)18-12-16(23)4-7-21(18)28-22/h2-7,12,19-20,25-26H,8-11,13-14H2,1H3/t19-,20-/m1/s1. The number of methoxy groups -OCH3 is 1. The summed E-state index contributed by atoms with van der Waals surface area (Å²) in [5, 5.41) is 21.8. The lowest BCUT2D eigenvalue weighted by Crippen LogP contribution is -2.51. The summed E-state index contributed by atoms with van der Waals surface area (Å²) >= 11 is 6.05. The van der Waals surface area contributed by atoms with Crippen LogP contribution in [0.25, 0.3) is 0 Å². The molecule has 2 heterocycles. The third kappa shape index (κ3) is 3.98. The number of benzene rings is 2. The quantitative estimate of drug-likeness (QED) is 0.814. The summed E-state index contributed by atoms with van der Waals surface area (Å²) in [6, 6.07) is 13.0. The topological polar surface area (TPSA) is 62.2 Å². The molecule has 0 aliphatic carbocycles. The van der Waals surface area contributed by atoms with Crippen molar-refractivity contribution in [3.8, 4) is 11.5 Å². The zero-order chi connectivity index (χ0) is 19.7. The molecule has 0 unspecified atom stereocenters. The molecule has 2 atom stereocenters. The van der Waals surface area contributed by atoms with Gasteiger partial charge >= 0.3 is 0 Å². The average molecular weight is 404 g/mol. The molecule has 5 nitrogen and oxygen atoms in total. The number of piperidine rings is 1. The first-order valence-electron chi connectivity index (χ1n) is 9.69. The average Bonchev–Trinajstić information content (AvgIpc) is 2.71. The fourth-order valence-corrected chi connectivity index (χ4v) is 4.42. The minimum Gasteiger partial charge on any atom is -0.497 e. The number of hydrogen-bond donors (Lipinski definition) is 2. The largest absolute Gasteiger partial charge is 0.497 e. The second kappa shape index (κ2) is 7.91. The molecule has 0 aromatic heterocycles. The molecule has 2 aliphatic heterocycles. The maximum atomic E-state index is 10.6. The second-order valence-electron chi connectivity index (χ2n) is 7.78. The van der Waals surface area contributed by atoms with E-state index in [0.29, 0.717) is 18.0 Å². The van der Waals surface area contributed by atoms with Gasteiger partial charge in [-0.1, -0.05) is 23.7 Å². The summed E-state index contributed by atoms with van der Waals surface area (Å²) in [5.41, 5.74) is 1.31. The minimum absolute atomic E-state index is 0.345. The van der Waals surface area contributed by atoms with Crippen LogP contribution in [0.1, 0.15) is 42.6 Å². The van der Waals surface area contributed by atoms with Gasteiger partial charge in [-0.25, -0.2) is 0 Å². The van der Waals surface area contributed by atoms with E-state index >= 15 is 0 Å². The summed E-state index contributed by atoms with van der Waals surface area (Å²) in [6.07, 6.45) is 1.12. The Bertz CT molecular complexity index is 818. The summed E-state index contributed by atoms with van der Waals surface area (Å²) in [6.45, 7) is 2.23. The van der Waals surface area contributed by atoms with Crippen LogP contribution >= 0.6 is 11.6 Å².